The van der Waals surface area contributed by atoms with Crippen molar-refractivity contribution in [3.63, 3.8) is 0 Å². The first-order chi connectivity index (χ1) is 9.45. The number of rotatable bonds is 4. The number of halogens is 2. The minimum atomic E-state index is -0.295. The van der Waals surface area contributed by atoms with Gasteiger partial charge in [0.05, 0.1) is 6.04 Å². The Morgan fingerprint density at radius 1 is 1.05 bits per heavy atom. The van der Waals surface area contributed by atoms with Crippen molar-refractivity contribution in [3.05, 3.63) is 70.5 Å². The van der Waals surface area contributed by atoms with Crippen molar-refractivity contribution in [2.75, 3.05) is 0 Å². The Balaban J connectivity index is 2.38. The quantitative estimate of drug-likeness (QED) is 0.661. The standard InChI is InChI=1S/C16H18ClFN2/c1-16(2,12-5-9-14(18)10-6-12)15(20-19)11-3-7-13(17)8-4-11/h3-10,15,20H,19H2,1-2H3. The highest BCUT2D eigenvalue weighted by molar-refractivity contribution is 6.30. The zero-order valence-corrected chi connectivity index (χ0v) is 12.3. The predicted molar refractivity (Wildman–Crippen MR) is 80.9 cm³/mol. The topological polar surface area (TPSA) is 38.0 Å². The molecule has 2 rings (SSSR count). The van der Waals surface area contributed by atoms with Gasteiger partial charge in [-0.1, -0.05) is 49.7 Å². The van der Waals surface area contributed by atoms with Crippen LogP contribution in [0.5, 0.6) is 0 Å². The fourth-order valence-corrected chi connectivity index (χ4v) is 2.55. The van der Waals surface area contributed by atoms with E-state index in [1.165, 1.54) is 12.1 Å². The summed E-state index contributed by atoms with van der Waals surface area (Å²) in [7, 11) is 0. The Labute approximate surface area is 123 Å². The second-order valence-corrected chi connectivity index (χ2v) is 5.82. The Hall–Kier alpha value is -1.42. The highest BCUT2D eigenvalue weighted by Gasteiger charge is 2.31. The third kappa shape index (κ3) is 3.01. The van der Waals surface area contributed by atoms with Gasteiger partial charge in [-0.25, -0.2) is 4.39 Å². The van der Waals surface area contributed by atoms with Gasteiger partial charge in [0.15, 0.2) is 0 Å². The fraction of sp³-hybridized carbons (Fsp3) is 0.250. The second kappa shape index (κ2) is 5.92. The predicted octanol–water partition coefficient (Wildman–Crippen LogP) is 3.96. The van der Waals surface area contributed by atoms with Crippen molar-refractivity contribution in [1.29, 1.82) is 0 Å². The fourth-order valence-electron chi connectivity index (χ4n) is 2.42. The van der Waals surface area contributed by atoms with Crippen molar-refractivity contribution in [1.82, 2.24) is 5.43 Å². The molecule has 0 spiro atoms. The van der Waals surface area contributed by atoms with Gasteiger partial charge in [0.1, 0.15) is 5.82 Å². The molecule has 20 heavy (non-hydrogen) atoms. The lowest BCUT2D eigenvalue weighted by molar-refractivity contribution is 0.352. The lowest BCUT2D eigenvalue weighted by Gasteiger charge is -2.35. The Morgan fingerprint density at radius 2 is 1.60 bits per heavy atom. The summed E-state index contributed by atoms with van der Waals surface area (Å²) in [5.74, 6) is 5.50. The maximum Gasteiger partial charge on any atom is 0.123 e. The molecular formula is C16H18ClFN2. The van der Waals surface area contributed by atoms with E-state index in [0.29, 0.717) is 5.02 Å². The minimum Gasteiger partial charge on any atom is -0.271 e. The number of hydrazine groups is 1. The van der Waals surface area contributed by atoms with E-state index in [1.54, 1.807) is 12.1 Å². The summed E-state index contributed by atoms with van der Waals surface area (Å²) in [4.78, 5) is 0. The molecule has 1 unspecified atom stereocenters. The first kappa shape index (κ1) is 15.0. The summed E-state index contributed by atoms with van der Waals surface area (Å²) in [5, 5.41) is 0.684. The van der Waals surface area contributed by atoms with E-state index < -0.39 is 0 Å². The van der Waals surface area contributed by atoms with Crippen LogP contribution in [0.3, 0.4) is 0 Å². The first-order valence-electron chi connectivity index (χ1n) is 6.43. The third-order valence-electron chi connectivity index (χ3n) is 3.68. The summed E-state index contributed by atoms with van der Waals surface area (Å²) in [6.45, 7) is 4.14. The molecular weight excluding hydrogens is 275 g/mol. The van der Waals surface area contributed by atoms with Crippen LogP contribution in [0.1, 0.15) is 31.0 Å². The molecule has 0 radical (unpaired) electrons. The van der Waals surface area contributed by atoms with E-state index in [9.17, 15) is 4.39 Å². The van der Waals surface area contributed by atoms with Crippen molar-refractivity contribution in [2.24, 2.45) is 5.84 Å². The van der Waals surface area contributed by atoms with Crippen LogP contribution in [0, 0.1) is 5.82 Å². The van der Waals surface area contributed by atoms with Crippen LogP contribution >= 0.6 is 11.6 Å². The third-order valence-corrected chi connectivity index (χ3v) is 3.93. The van der Waals surface area contributed by atoms with Crippen molar-refractivity contribution in [2.45, 2.75) is 25.3 Å². The summed E-state index contributed by atoms with van der Waals surface area (Å²) in [5.41, 5.74) is 4.60. The molecule has 2 aromatic carbocycles. The molecule has 0 fully saturated rings. The zero-order valence-electron chi connectivity index (χ0n) is 11.5. The summed E-state index contributed by atoms with van der Waals surface area (Å²) >= 11 is 5.91. The molecule has 0 amide bonds. The second-order valence-electron chi connectivity index (χ2n) is 5.38. The first-order valence-corrected chi connectivity index (χ1v) is 6.80. The van der Waals surface area contributed by atoms with Gasteiger partial charge in [0.25, 0.3) is 0 Å². The molecule has 0 bridgehead atoms. The molecule has 0 aliphatic heterocycles. The lowest BCUT2D eigenvalue weighted by atomic mass is 9.75. The molecule has 0 saturated carbocycles. The maximum atomic E-state index is 13.1. The molecule has 1 atom stereocenters. The van der Waals surface area contributed by atoms with Crippen LogP contribution in [-0.4, -0.2) is 0 Å². The average molecular weight is 293 g/mol. The van der Waals surface area contributed by atoms with Gasteiger partial charge in [-0.3, -0.25) is 11.3 Å². The molecule has 4 heteroatoms. The van der Waals surface area contributed by atoms with E-state index in [-0.39, 0.29) is 17.3 Å². The molecule has 0 aliphatic rings. The van der Waals surface area contributed by atoms with Crippen molar-refractivity contribution >= 4 is 11.6 Å². The van der Waals surface area contributed by atoms with Gasteiger partial charge in [-0.05, 0) is 35.4 Å². The van der Waals surface area contributed by atoms with Gasteiger partial charge in [-0.15, -0.1) is 0 Å². The number of hydrogen-bond donors (Lipinski definition) is 2. The molecule has 0 heterocycles. The molecule has 0 saturated heterocycles. The van der Waals surface area contributed by atoms with Gasteiger partial charge in [-0.2, -0.15) is 0 Å². The van der Waals surface area contributed by atoms with Crippen LogP contribution in [-0.2, 0) is 5.41 Å². The minimum absolute atomic E-state index is 0.106. The van der Waals surface area contributed by atoms with Crippen LogP contribution in [0.25, 0.3) is 0 Å². The highest BCUT2D eigenvalue weighted by atomic mass is 35.5. The summed E-state index contributed by atoms with van der Waals surface area (Å²) in [6.07, 6.45) is 0. The van der Waals surface area contributed by atoms with E-state index in [0.717, 1.165) is 11.1 Å². The SMILES string of the molecule is CC(C)(c1ccc(F)cc1)C(NN)c1ccc(Cl)cc1. The molecule has 2 aromatic rings. The van der Waals surface area contributed by atoms with E-state index in [4.69, 9.17) is 17.4 Å². The largest absolute Gasteiger partial charge is 0.271 e. The number of nitrogens with one attached hydrogen (secondary N) is 1. The van der Waals surface area contributed by atoms with Gasteiger partial charge >= 0.3 is 0 Å². The molecule has 0 aromatic heterocycles. The van der Waals surface area contributed by atoms with Gasteiger partial charge in [0.2, 0.25) is 0 Å². The van der Waals surface area contributed by atoms with Gasteiger partial charge < -0.3 is 0 Å². The average Bonchev–Trinajstić information content (AvgIpc) is 2.42. The van der Waals surface area contributed by atoms with E-state index in [1.807, 2.05) is 24.3 Å². The Kier molecular flexibility index (Phi) is 4.43. The van der Waals surface area contributed by atoms with E-state index in [2.05, 4.69) is 19.3 Å². The van der Waals surface area contributed by atoms with Crippen molar-refractivity contribution < 1.29 is 4.39 Å². The van der Waals surface area contributed by atoms with Crippen LogP contribution in [0.2, 0.25) is 5.02 Å². The van der Waals surface area contributed by atoms with Crippen LogP contribution in [0.4, 0.5) is 4.39 Å². The molecule has 0 aliphatic carbocycles. The smallest absolute Gasteiger partial charge is 0.123 e. The molecule has 3 N–H and O–H groups in total. The number of benzene rings is 2. The summed E-state index contributed by atoms with van der Waals surface area (Å²) < 4.78 is 13.1. The molecule has 2 nitrogen and oxygen atoms in total. The van der Waals surface area contributed by atoms with Crippen LogP contribution < -0.4 is 11.3 Å². The lowest BCUT2D eigenvalue weighted by Crippen LogP contribution is -2.41. The maximum absolute atomic E-state index is 13.1. The Bertz CT molecular complexity index is 564. The molecule has 106 valence electrons. The van der Waals surface area contributed by atoms with E-state index >= 15 is 0 Å². The van der Waals surface area contributed by atoms with Crippen molar-refractivity contribution in [3.8, 4) is 0 Å². The van der Waals surface area contributed by atoms with Crippen LogP contribution in [0.15, 0.2) is 48.5 Å². The zero-order chi connectivity index (χ0) is 14.8. The van der Waals surface area contributed by atoms with Gasteiger partial charge in [0, 0.05) is 10.4 Å². The number of nitrogens with two attached hydrogens (primary N) is 1. The number of hydrogen-bond acceptors (Lipinski definition) is 2. The monoisotopic (exact) mass is 292 g/mol. The normalized spacial score (nSPS) is 13.2. The summed E-state index contributed by atoms with van der Waals surface area (Å²) in [6, 6.07) is 14.0. The highest BCUT2D eigenvalue weighted by Crippen LogP contribution is 2.36. The Morgan fingerprint density at radius 3 is 2.10 bits per heavy atom.